The fourth-order valence-corrected chi connectivity index (χ4v) is 5.86. The van der Waals surface area contributed by atoms with Gasteiger partial charge in [-0.3, -0.25) is 18.6 Å². The number of phosphoric ester groups is 1. The average molecular weight is 717 g/mol. The normalized spacial score (nSPS) is 14.0. The van der Waals surface area contributed by atoms with Gasteiger partial charge in [-0.25, -0.2) is 4.57 Å². The van der Waals surface area contributed by atoms with Gasteiger partial charge in [-0.15, -0.1) is 0 Å². The van der Waals surface area contributed by atoms with Gasteiger partial charge >= 0.3 is 19.8 Å². The second kappa shape index (κ2) is 32.4. The van der Waals surface area contributed by atoms with Crippen molar-refractivity contribution in [3.8, 4) is 0 Å². The molecule has 0 aromatic heterocycles. The summed E-state index contributed by atoms with van der Waals surface area (Å²) in [4.78, 5) is 35.1. The molecule has 10 heteroatoms. The van der Waals surface area contributed by atoms with E-state index < -0.39 is 26.5 Å². The molecule has 49 heavy (non-hydrogen) atoms. The summed E-state index contributed by atoms with van der Waals surface area (Å²) in [6, 6.07) is 0. The molecule has 0 saturated heterocycles. The van der Waals surface area contributed by atoms with Crippen molar-refractivity contribution in [2.75, 3.05) is 47.5 Å². The molecule has 0 aliphatic heterocycles. The highest BCUT2D eigenvalue weighted by atomic mass is 31.2. The van der Waals surface area contributed by atoms with Crippen molar-refractivity contribution in [3.63, 3.8) is 0 Å². The lowest BCUT2D eigenvalue weighted by atomic mass is 10.1. The van der Waals surface area contributed by atoms with E-state index in [9.17, 15) is 19.0 Å². The molecule has 1 N–H and O–H groups in total. The van der Waals surface area contributed by atoms with Gasteiger partial charge in [-0.2, -0.15) is 0 Å². The molecule has 0 radical (unpaired) electrons. The first-order valence-corrected chi connectivity index (χ1v) is 21.1. The number of quaternary nitrogens is 1. The third-order valence-electron chi connectivity index (χ3n) is 8.26. The number of nitrogens with zero attached hydrogens (tertiary/aromatic N) is 1. The van der Waals surface area contributed by atoms with Crippen LogP contribution in [-0.2, 0) is 32.7 Å². The molecule has 0 amide bonds. The predicted molar refractivity (Wildman–Crippen MR) is 201 cm³/mol. The van der Waals surface area contributed by atoms with Crippen LogP contribution in [0.5, 0.6) is 0 Å². The lowest BCUT2D eigenvalue weighted by Gasteiger charge is -2.24. The quantitative estimate of drug-likeness (QED) is 0.0227. The molecular weight excluding hydrogens is 641 g/mol. The second-order valence-corrected chi connectivity index (χ2v) is 15.8. The van der Waals surface area contributed by atoms with E-state index in [0.29, 0.717) is 17.4 Å². The number of hydrogen-bond acceptors (Lipinski definition) is 7. The van der Waals surface area contributed by atoms with Gasteiger partial charge in [-0.05, 0) is 38.5 Å². The zero-order valence-electron chi connectivity index (χ0n) is 32.2. The molecule has 0 spiro atoms. The second-order valence-electron chi connectivity index (χ2n) is 14.4. The summed E-state index contributed by atoms with van der Waals surface area (Å²) in [5, 5.41) is 0. The Morgan fingerprint density at radius 1 is 0.633 bits per heavy atom. The Kier molecular flexibility index (Phi) is 31.4. The Morgan fingerprint density at radius 2 is 1.08 bits per heavy atom. The Balaban J connectivity index is 4.43. The highest BCUT2D eigenvalue weighted by Crippen LogP contribution is 2.43. The van der Waals surface area contributed by atoms with Crippen LogP contribution in [0.3, 0.4) is 0 Å². The van der Waals surface area contributed by atoms with E-state index in [2.05, 4.69) is 38.2 Å². The third-order valence-corrected chi connectivity index (χ3v) is 9.25. The van der Waals surface area contributed by atoms with Gasteiger partial charge in [-0.1, -0.05) is 134 Å². The first kappa shape index (κ1) is 47.5. The zero-order valence-corrected chi connectivity index (χ0v) is 33.1. The monoisotopic (exact) mass is 717 g/mol. The van der Waals surface area contributed by atoms with Gasteiger partial charge in [0.25, 0.3) is 0 Å². The van der Waals surface area contributed by atoms with Crippen LogP contribution >= 0.6 is 7.82 Å². The molecule has 0 heterocycles. The molecule has 0 aromatic rings. The minimum Gasteiger partial charge on any atom is -0.462 e. The van der Waals surface area contributed by atoms with E-state index in [1.807, 2.05) is 21.1 Å². The summed E-state index contributed by atoms with van der Waals surface area (Å²) >= 11 is 0. The fraction of sp³-hybridized carbons (Fsp3) is 0.846. The van der Waals surface area contributed by atoms with Gasteiger partial charge in [0, 0.05) is 12.8 Å². The number of unbranched alkanes of at least 4 members (excludes halogenated alkanes) is 18. The third kappa shape index (κ3) is 36.1. The Bertz CT molecular complexity index is 902. The SMILES string of the molecule is CCCCCC/C=C/C=C/CCCCCCCC(=O)OC[C@@H](COP(=O)(O)OCC[N+](C)(C)C)OC(=O)CCCCCCCCCCCC. The van der Waals surface area contributed by atoms with E-state index in [4.69, 9.17) is 18.5 Å². The molecule has 0 fully saturated rings. The van der Waals surface area contributed by atoms with Crippen molar-refractivity contribution in [1.29, 1.82) is 0 Å². The van der Waals surface area contributed by atoms with Gasteiger partial charge in [0.1, 0.15) is 19.8 Å². The number of likely N-dealkylation sites (N-methyl/N-ethyl adjacent to an activating group) is 1. The van der Waals surface area contributed by atoms with Crippen molar-refractivity contribution in [1.82, 2.24) is 0 Å². The summed E-state index contributed by atoms with van der Waals surface area (Å²) in [6.07, 6.45) is 32.2. The number of carbonyl (C=O) groups excluding carboxylic acids is 2. The number of phosphoric acid groups is 1. The number of allylic oxidation sites excluding steroid dienone is 4. The van der Waals surface area contributed by atoms with Crippen LogP contribution in [0.15, 0.2) is 24.3 Å². The summed E-state index contributed by atoms with van der Waals surface area (Å²) in [6.45, 7) is 4.36. The number of esters is 2. The maximum Gasteiger partial charge on any atom is 0.472 e. The first-order chi connectivity index (χ1) is 23.5. The Hall–Kier alpha value is -1.51. The van der Waals surface area contributed by atoms with Crippen LogP contribution < -0.4 is 0 Å². The lowest BCUT2D eigenvalue weighted by Crippen LogP contribution is -2.37. The van der Waals surface area contributed by atoms with Crippen molar-refractivity contribution in [3.05, 3.63) is 24.3 Å². The molecule has 0 aromatic carbocycles. The number of ether oxygens (including phenoxy) is 2. The van der Waals surface area contributed by atoms with Gasteiger partial charge in [0.05, 0.1) is 27.7 Å². The minimum atomic E-state index is -4.37. The lowest BCUT2D eigenvalue weighted by molar-refractivity contribution is -0.870. The first-order valence-electron chi connectivity index (χ1n) is 19.6. The number of hydrogen-bond donors (Lipinski definition) is 1. The van der Waals surface area contributed by atoms with Crippen LogP contribution in [0.1, 0.15) is 162 Å². The van der Waals surface area contributed by atoms with E-state index >= 15 is 0 Å². The fourth-order valence-electron chi connectivity index (χ4n) is 5.12. The molecule has 0 bridgehead atoms. The van der Waals surface area contributed by atoms with Crippen LogP contribution in [-0.4, -0.2) is 74.9 Å². The Labute approximate surface area is 300 Å². The smallest absolute Gasteiger partial charge is 0.462 e. The summed E-state index contributed by atoms with van der Waals surface area (Å²) in [5.74, 6) is -0.817. The van der Waals surface area contributed by atoms with Crippen molar-refractivity contribution in [2.24, 2.45) is 0 Å². The van der Waals surface area contributed by atoms with Crippen LogP contribution in [0.2, 0.25) is 0 Å². The summed E-state index contributed by atoms with van der Waals surface area (Å²) in [7, 11) is 1.47. The molecule has 2 atom stereocenters. The van der Waals surface area contributed by atoms with E-state index in [1.54, 1.807) is 0 Å². The van der Waals surface area contributed by atoms with Crippen molar-refractivity contribution < 1.29 is 42.1 Å². The molecule has 0 aliphatic carbocycles. The standard InChI is InChI=1S/C39H74NO8P/c1-6-8-10-12-14-16-18-19-20-21-22-24-25-27-29-31-38(41)45-35-37(36-47-49(43,44)46-34-33-40(3,4)5)48-39(42)32-30-28-26-23-17-15-13-11-9-7-2/h16,18-20,37H,6-15,17,21-36H2,1-5H3/p+1/b18-16+,20-19+/t37-/m0/s1. The van der Waals surface area contributed by atoms with E-state index in [1.165, 1.54) is 70.6 Å². The summed E-state index contributed by atoms with van der Waals surface area (Å²) in [5.41, 5.74) is 0. The summed E-state index contributed by atoms with van der Waals surface area (Å²) < 4.78 is 34.1. The largest absolute Gasteiger partial charge is 0.472 e. The van der Waals surface area contributed by atoms with Crippen molar-refractivity contribution in [2.45, 2.75) is 168 Å². The number of carbonyl (C=O) groups is 2. The van der Waals surface area contributed by atoms with Crippen molar-refractivity contribution >= 4 is 19.8 Å². The molecule has 0 aliphatic rings. The van der Waals surface area contributed by atoms with Gasteiger partial charge in [0.2, 0.25) is 0 Å². The van der Waals surface area contributed by atoms with Crippen LogP contribution in [0.25, 0.3) is 0 Å². The molecule has 9 nitrogen and oxygen atoms in total. The highest BCUT2D eigenvalue weighted by molar-refractivity contribution is 7.47. The molecule has 1 unspecified atom stereocenters. The minimum absolute atomic E-state index is 0.0305. The molecule has 0 saturated carbocycles. The molecular formula is C39H75NO8P+. The van der Waals surface area contributed by atoms with Gasteiger partial charge in [0.15, 0.2) is 6.10 Å². The van der Waals surface area contributed by atoms with Gasteiger partial charge < -0.3 is 18.9 Å². The highest BCUT2D eigenvalue weighted by Gasteiger charge is 2.27. The predicted octanol–water partition coefficient (Wildman–Crippen LogP) is 10.4. The number of rotatable bonds is 35. The molecule has 0 rings (SSSR count). The topological polar surface area (TPSA) is 108 Å². The van der Waals surface area contributed by atoms with Crippen LogP contribution in [0.4, 0.5) is 0 Å². The van der Waals surface area contributed by atoms with E-state index in [-0.39, 0.29) is 32.0 Å². The van der Waals surface area contributed by atoms with E-state index in [0.717, 1.165) is 57.8 Å². The maximum atomic E-state index is 12.6. The average Bonchev–Trinajstić information content (AvgIpc) is 3.04. The maximum absolute atomic E-state index is 12.6. The zero-order chi connectivity index (χ0) is 36.5. The van der Waals surface area contributed by atoms with Crippen LogP contribution in [0, 0.1) is 0 Å². The molecule has 288 valence electrons. The Morgan fingerprint density at radius 3 is 1.59 bits per heavy atom.